The van der Waals surface area contributed by atoms with Gasteiger partial charge in [-0.3, -0.25) is 9.59 Å². The summed E-state index contributed by atoms with van der Waals surface area (Å²) in [7, 11) is 1.61. The topological polar surface area (TPSA) is 72.6 Å². The van der Waals surface area contributed by atoms with Gasteiger partial charge in [0.1, 0.15) is 11.2 Å². The molecule has 124 valence electrons. The molecule has 24 heavy (non-hydrogen) atoms. The van der Waals surface area contributed by atoms with Crippen LogP contribution in [0.25, 0.3) is 0 Å². The minimum absolute atomic E-state index is 0.0919. The molecule has 0 saturated carbocycles. The van der Waals surface area contributed by atoms with Gasteiger partial charge in [0.15, 0.2) is 5.78 Å². The third-order valence-corrected chi connectivity index (χ3v) is 4.63. The first-order valence-corrected chi connectivity index (χ1v) is 7.77. The van der Waals surface area contributed by atoms with Crippen LogP contribution in [0.1, 0.15) is 18.1 Å². The van der Waals surface area contributed by atoms with E-state index in [0.29, 0.717) is 17.8 Å². The van der Waals surface area contributed by atoms with Crippen molar-refractivity contribution in [1.82, 2.24) is 4.90 Å². The van der Waals surface area contributed by atoms with Gasteiger partial charge in [0.2, 0.25) is 5.91 Å². The number of carbonyl (C=O) groups excluding carboxylic acids is 2. The molecule has 1 unspecified atom stereocenters. The Labute approximate surface area is 141 Å². The highest BCUT2D eigenvalue weighted by Gasteiger charge is 2.51. The number of ether oxygens (including phenoxy) is 1. The van der Waals surface area contributed by atoms with Crippen molar-refractivity contribution in [3.63, 3.8) is 0 Å². The van der Waals surface area contributed by atoms with Crippen molar-refractivity contribution in [3.8, 4) is 5.75 Å². The Balaban J connectivity index is 1.84. The monoisotopic (exact) mass is 324 g/mol. The number of hydrogen-bond donors (Lipinski definition) is 1. The number of nitrogens with zero attached hydrogens (tertiary/aromatic N) is 1. The Bertz CT molecular complexity index is 768. The number of carbonyl (C=O) groups is 2. The van der Waals surface area contributed by atoms with Crippen LogP contribution in [0.15, 0.2) is 48.5 Å². The lowest BCUT2D eigenvalue weighted by Crippen LogP contribution is -2.38. The van der Waals surface area contributed by atoms with Gasteiger partial charge in [-0.25, -0.2) is 0 Å². The van der Waals surface area contributed by atoms with Gasteiger partial charge in [-0.15, -0.1) is 0 Å². The molecule has 1 aliphatic rings. The van der Waals surface area contributed by atoms with E-state index >= 15 is 0 Å². The summed E-state index contributed by atoms with van der Waals surface area (Å²) < 4.78 is 5.13. The maximum atomic E-state index is 12.9. The normalized spacial score (nSPS) is 20.5. The van der Waals surface area contributed by atoms with Crippen molar-refractivity contribution in [3.05, 3.63) is 59.7 Å². The Morgan fingerprint density at radius 3 is 2.29 bits per heavy atom. The number of ketones is 1. The molecule has 2 N–H and O–H groups in total. The van der Waals surface area contributed by atoms with E-state index in [1.807, 2.05) is 24.3 Å². The third kappa shape index (κ3) is 2.62. The summed E-state index contributed by atoms with van der Waals surface area (Å²) in [4.78, 5) is 27.1. The zero-order chi connectivity index (χ0) is 17.3. The lowest BCUT2D eigenvalue weighted by atomic mass is 9.80. The van der Waals surface area contributed by atoms with Crippen molar-refractivity contribution in [2.24, 2.45) is 0 Å². The van der Waals surface area contributed by atoms with Gasteiger partial charge in [0.05, 0.1) is 13.7 Å². The number of nitrogens with two attached hydrogens (primary N) is 1. The van der Waals surface area contributed by atoms with Gasteiger partial charge < -0.3 is 15.4 Å². The molecule has 1 fully saturated rings. The van der Waals surface area contributed by atoms with Crippen molar-refractivity contribution < 1.29 is 14.3 Å². The summed E-state index contributed by atoms with van der Waals surface area (Å²) in [5.41, 5.74) is 6.81. The van der Waals surface area contributed by atoms with Crippen LogP contribution in [0, 0.1) is 0 Å². The first-order valence-electron chi connectivity index (χ1n) is 7.77. The number of benzene rings is 2. The minimum atomic E-state index is -1.14. The zero-order valence-electron chi connectivity index (χ0n) is 13.8. The first kappa shape index (κ1) is 16.1. The van der Waals surface area contributed by atoms with Crippen molar-refractivity contribution >= 4 is 17.4 Å². The smallest absolute Gasteiger partial charge is 0.241 e. The second-order valence-corrected chi connectivity index (χ2v) is 6.18. The summed E-state index contributed by atoms with van der Waals surface area (Å²) in [5, 5.41) is 0. The SMILES string of the molecule is COc1ccc(CN2CC(=O)C(C)(c3ccc(N)cc3)C2=O)cc1. The zero-order valence-corrected chi connectivity index (χ0v) is 13.8. The summed E-state index contributed by atoms with van der Waals surface area (Å²) >= 11 is 0. The lowest BCUT2D eigenvalue weighted by Gasteiger charge is -2.22. The largest absolute Gasteiger partial charge is 0.497 e. The molecular weight excluding hydrogens is 304 g/mol. The van der Waals surface area contributed by atoms with E-state index in [2.05, 4.69) is 0 Å². The molecule has 1 saturated heterocycles. The highest BCUT2D eigenvalue weighted by Crippen LogP contribution is 2.34. The van der Waals surface area contributed by atoms with Gasteiger partial charge in [-0.05, 0) is 42.3 Å². The molecule has 2 aromatic carbocycles. The summed E-state index contributed by atoms with van der Waals surface area (Å²) in [6, 6.07) is 14.4. The fourth-order valence-electron chi connectivity index (χ4n) is 3.02. The second kappa shape index (κ2) is 6.00. The molecule has 0 aromatic heterocycles. The Kier molecular flexibility index (Phi) is 4.01. The first-order chi connectivity index (χ1) is 11.4. The number of nitrogen functional groups attached to an aromatic ring is 1. The number of methoxy groups -OCH3 is 1. The third-order valence-electron chi connectivity index (χ3n) is 4.63. The Morgan fingerprint density at radius 2 is 1.71 bits per heavy atom. The highest BCUT2D eigenvalue weighted by molar-refractivity contribution is 6.17. The maximum absolute atomic E-state index is 12.9. The Morgan fingerprint density at radius 1 is 1.08 bits per heavy atom. The fourth-order valence-corrected chi connectivity index (χ4v) is 3.02. The molecule has 0 aliphatic carbocycles. The molecule has 1 aliphatic heterocycles. The number of anilines is 1. The van der Waals surface area contributed by atoms with Crippen LogP contribution in [0.2, 0.25) is 0 Å². The molecule has 0 bridgehead atoms. The maximum Gasteiger partial charge on any atom is 0.241 e. The summed E-state index contributed by atoms with van der Waals surface area (Å²) in [6.45, 7) is 2.21. The highest BCUT2D eigenvalue weighted by atomic mass is 16.5. The van der Waals surface area contributed by atoms with Crippen LogP contribution in [-0.4, -0.2) is 30.2 Å². The van der Waals surface area contributed by atoms with E-state index in [4.69, 9.17) is 10.5 Å². The molecule has 3 rings (SSSR count). The van der Waals surface area contributed by atoms with Crippen molar-refractivity contribution in [1.29, 1.82) is 0 Å². The predicted octanol–water partition coefficient (Wildman–Crippen LogP) is 2.15. The Hall–Kier alpha value is -2.82. The van der Waals surface area contributed by atoms with E-state index < -0.39 is 5.41 Å². The van der Waals surface area contributed by atoms with Crippen molar-refractivity contribution in [2.75, 3.05) is 19.4 Å². The quantitative estimate of drug-likeness (QED) is 0.691. The van der Waals surface area contributed by atoms with Gasteiger partial charge in [0, 0.05) is 12.2 Å². The van der Waals surface area contributed by atoms with E-state index in [9.17, 15) is 9.59 Å². The number of hydrogen-bond acceptors (Lipinski definition) is 4. The number of rotatable bonds is 4. The average molecular weight is 324 g/mol. The molecule has 0 spiro atoms. The molecular formula is C19H20N2O3. The van der Waals surface area contributed by atoms with Crippen LogP contribution in [0.3, 0.4) is 0 Å². The fraction of sp³-hybridized carbons (Fsp3) is 0.263. The van der Waals surface area contributed by atoms with E-state index in [1.54, 1.807) is 43.2 Å². The molecule has 1 heterocycles. The number of amides is 1. The number of likely N-dealkylation sites (tertiary alicyclic amines) is 1. The molecule has 2 aromatic rings. The van der Waals surface area contributed by atoms with Gasteiger partial charge in [-0.1, -0.05) is 24.3 Å². The van der Waals surface area contributed by atoms with Crippen LogP contribution in [-0.2, 0) is 21.5 Å². The van der Waals surface area contributed by atoms with Gasteiger partial charge in [-0.2, -0.15) is 0 Å². The van der Waals surface area contributed by atoms with Crippen LogP contribution < -0.4 is 10.5 Å². The van der Waals surface area contributed by atoms with E-state index in [-0.39, 0.29) is 18.2 Å². The lowest BCUT2D eigenvalue weighted by molar-refractivity contribution is -0.134. The second-order valence-electron chi connectivity index (χ2n) is 6.18. The summed E-state index contributed by atoms with van der Waals surface area (Å²) in [6.07, 6.45) is 0. The average Bonchev–Trinajstić information content (AvgIpc) is 2.81. The summed E-state index contributed by atoms with van der Waals surface area (Å²) in [5.74, 6) is 0.494. The van der Waals surface area contributed by atoms with Crippen LogP contribution in [0.5, 0.6) is 5.75 Å². The van der Waals surface area contributed by atoms with E-state index in [1.165, 1.54) is 0 Å². The molecule has 5 heteroatoms. The van der Waals surface area contributed by atoms with Gasteiger partial charge in [0.25, 0.3) is 0 Å². The predicted molar refractivity (Wildman–Crippen MR) is 91.6 cm³/mol. The minimum Gasteiger partial charge on any atom is -0.497 e. The molecule has 5 nitrogen and oxygen atoms in total. The van der Waals surface area contributed by atoms with Crippen LogP contribution in [0.4, 0.5) is 5.69 Å². The standard InChI is InChI=1S/C19H20N2O3/c1-19(14-5-7-15(20)8-6-14)17(22)12-21(18(19)23)11-13-3-9-16(24-2)10-4-13/h3-10H,11-12,20H2,1-2H3. The van der Waals surface area contributed by atoms with E-state index in [0.717, 1.165) is 11.3 Å². The molecule has 1 atom stereocenters. The van der Waals surface area contributed by atoms with Crippen molar-refractivity contribution in [2.45, 2.75) is 18.9 Å². The molecule has 1 amide bonds. The van der Waals surface area contributed by atoms with Crippen LogP contribution >= 0.6 is 0 Å². The molecule has 0 radical (unpaired) electrons. The van der Waals surface area contributed by atoms with Gasteiger partial charge >= 0.3 is 0 Å². The number of Topliss-reactive ketones (excluding diaryl/α,β-unsaturated/α-hetero) is 1.